The van der Waals surface area contributed by atoms with E-state index >= 15 is 0 Å². The highest BCUT2D eigenvalue weighted by molar-refractivity contribution is 6.35. The molecule has 98 valence electrons. The molecule has 0 aromatic heterocycles. The first-order valence-corrected chi connectivity index (χ1v) is 7.15. The molecule has 0 amide bonds. The molecule has 3 heteroatoms. The van der Waals surface area contributed by atoms with Crippen molar-refractivity contribution >= 4 is 23.2 Å². The maximum Gasteiger partial charge on any atom is 0.0456 e. The summed E-state index contributed by atoms with van der Waals surface area (Å²) in [6, 6.07) is 14.0. The third-order valence-electron chi connectivity index (χ3n) is 3.92. The van der Waals surface area contributed by atoms with Gasteiger partial charge in [0.05, 0.1) is 0 Å². The molecule has 0 aliphatic heterocycles. The van der Waals surface area contributed by atoms with E-state index in [0.717, 1.165) is 24.8 Å². The summed E-state index contributed by atoms with van der Waals surface area (Å²) in [6.07, 6.45) is 2.75. The Hall–Kier alpha value is -1.02. The maximum atomic E-state index is 6.62. The van der Waals surface area contributed by atoms with Crippen LogP contribution in [-0.4, -0.2) is 0 Å². The number of rotatable bonds is 2. The molecule has 3 rings (SSSR count). The number of fused-ring (bicyclic) bond motifs is 1. The van der Waals surface area contributed by atoms with Crippen LogP contribution in [0.15, 0.2) is 42.5 Å². The summed E-state index contributed by atoms with van der Waals surface area (Å²) in [5.74, 6) is 0. The quantitative estimate of drug-likeness (QED) is 0.875. The molecule has 0 radical (unpaired) electrons. The minimum atomic E-state index is -0.311. The van der Waals surface area contributed by atoms with Gasteiger partial charge in [-0.3, -0.25) is 0 Å². The summed E-state index contributed by atoms with van der Waals surface area (Å²) in [4.78, 5) is 0. The van der Waals surface area contributed by atoms with Crippen molar-refractivity contribution in [1.29, 1.82) is 0 Å². The van der Waals surface area contributed by atoms with E-state index in [2.05, 4.69) is 24.3 Å². The molecule has 2 aromatic rings. The van der Waals surface area contributed by atoms with E-state index in [1.54, 1.807) is 6.07 Å². The summed E-state index contributed by atoms with van der Waals surface area (Å²) in [6.45, 7) is 0. The number of hydrogen-bond acceptors (Lipinski definition) is 1. The lowest BCUT2D eigenvalue weighted by Crippen LogP contribution is -2.36. The second-order valence-electron chi connectivity index (χ2n) is 5.23. The van der Waals surface area contributed by atoms with Gasteiger partial charge in [-0.15, -0.1) is 0 Å². The number of hydrogen-bond donors (Lipinski definition) is 1. The van der Waals surface area contributed by atoms with Gasteiger partial charge in [-0.1, -0.05) is 53.5 Å². The SMILES string of the molecule is NC1(Cc2ccc(Cl)cc2Cl)CCc2ccccc21. The van der Waals surface area contributed by atoms with Gasteiger partial charge in [0.15, 0.2) is 0 Å². The number of nitrogens with two attached hydrogens (primary N) is 1. The number of halogens is 2. The fraction of sp³-hybridized carbons (Fsp3) is 0.250. The minimum Gasteiger partial charge on any atom is -0.321 e. The highest BCUT2D eigenvalue weighted by atomic mass is 35.5. The van der Waals surface area contributed by atoms with E-state index in [9.17, 15) is 0 Å². The molecule has 0 saturated heterocycles. The molecule has 1 nitrogen and oxygen atoms in total. The maximum absolute atomic E-state index is 6.62. The summed E-state index contributed by atoms with van der Waals surface area (Å²) in [5.41, 5.74) is 9.97. The average molecular weight is 292 g/mol. The highest BCUT2D eigenvalue weighted by Gasteiger charge is 2.35. The Labute approximate surface area is 123 Å². The first-order chi connectivity index (χ1) is 9.08. The van der Waals surface area contributed by atoms with Crippen molar-refractivity contribution in [2.24, 2.45) is 5.73 Å². The minimum absolute atomic E-state index is 0.311. The van der Waals surface area contributed by atoms with Gasteiger partial charge in [0.1, 0.15) is 0 Å². The first-order valence-electron chi connectivity index (χ1n) is 6.40. The van der Waals surface area contributed by atoms with Gasteiger partial charge in [0, 0.05) is 15.6 Å². The van der Waals surface area contributed by atoms with Crippen LogP contribution < -0.4 is 5.73 Å². The molecule has 1 unspecified atom stereocenters. The monoisotopic (exact) mass is 291 g/mol. The summed E-state index contributed by atoms with van der Waals surface area (Å²) < 4.78 is 0. The van der Waals surface area contributed by atoms with E-state index in [-0.39, 0.29) is 5.54 Å². The lowest BCUT2D eigenvalue weighted by Gasteiger charge is -2.26. The van der Waals surface area contributed by atoms with Gasteiger partial charge in [0.2, 0.25) is 0 Å². The van der Waals surface area contributed by atoms with Crippen LogP contribution in [0.4, 0.5) is 0 Å². The van der Waals surface area contributed by atoms with Gasteiger partial charge in [-0.05, 0) is 48.1 Å². The van der Waals surface area contributed by atoms with Gasteiger partial charge in [0.25, 0.3) is 0 Å². The van der Waals surface area contributed by atoms with Crippen molar-refractivity contribution in [3.05, 3.63) is 69.2 Å². The second kappa shape index (κ2) is 4.82. The van der Waals surface area contributed by atoms with Crippen molar-refractivity contribution in [3.8, 4) is 0 Å². The second-order valence-corrected chi connectivity index (χ2v) is 6.07. The molecular formula is C16H15Cl2N. The zero-order chi connectivity index (χ0) is 13.5. The van der Waals surface area contributed by atoms with E-state index in [0.29, 0.717) is 10.0 Å². The van der Waals surface area contributed by atoms with Gasteiger partial charge >= 0.3 is 0 Å². The Bertz CT molecular complexity index is 624. The van der Waals surface area contributed by atoms with Crippen LogP contribution in [0.3, 0.4) is 0 Å². The zero-order valence-corrected chi connectivity index (χ0v) is 12.0. The topological polar surface area (TPSA) is 26.0 Å². The van der Waals surface area contributed by atoms with E-state index in [1.165, 1.54) is 11.1 Å². The van der Waals surface area contributed by atoms with Crippen LogP contribution in [0.25, 0.3) is 0 Å². The number of benzene rings is 2. The highest BCUT2D eigenvalue weighted by Crippen LogP contribution is 2.38. The predicted octanol–water partition coefficient (Wildman–Crippen LogP) is 4.34. The molecular weight excluding hydrogens is 277 g/mol. The van der Waals surface area contributed by atoms with Gasteiger partial charge < -0.3 is 5.73 Å². The molecule has 0 saturated carbocycles. The molecule has 2 N–H and O–H groups in total. The molecule has 19 heavy (non-hydrogen) atoms. The van der Waals surface area contributed by atoms with Gasteiger partial charge in [-0.2, -0.15) is 0 Å². The Morgan fingerprint density at radius 1 is 1.11 bits per heavy atom. The van der Waals surface area contributed by atoms with Crippen molar-refractivity contribution < 1.29 is 0 Å². The lowest BCUT2D eigenvalue weighted by atomic mass is 9.86. The van der Waals surface area contributed by atoms with Crippen LogP contribution in [0, 0.1) is 0 Å². The van der Waals surface area contributed by atoms with E-state index < -0.39 is 0 Å². The standard InChI is InChI=1S/C16H15Cl2N/c17-13-6-5-12(15(18)9-13)10-16(19)8-7-11-3-1-2-4-14(11)16/h1-6,9H,7-8,10,19H2. The Balaban J connectivity index is 1.95. The van der Waals surface area contributed by atoms with Crippen molar-refractivity contribution in [3.63, 3.8) is 0 Å². The smallest absolute Gasteiger partial charge is 0.0456 e. The fourth-order valence-electron chi connectivity index (χ4n) is 2.90. The molecule has 2 aromatic carbocycles. The lowest BCUT2D eigenvalue weighted by molar-refractivity contribution is 0.439. The Kier molecular flexibility index (Phi) is 3.30. The van der Waals surface area contributed by atoms with Crippen LogP contribution in [-0.2, 0) is 18.4 Å². The molecule has 1 aliphatic rings. The van der Waals surface area contributed by atoms with E-state index in [4.69, 9.17) is 28.9 Å². The molecule has 0 heterocycles. The third kappa shape index (κ3) is 2.38. The fourth-order valence-corrected chi connectivity index (χ4v) is 3.38. The van der Waals surface area contributed by atoms with Crippen molar-refractivity contribution in [2.75, 3.05) is 0 Å². The molecule has 0 fully saturated rings. The van der Waals surface area contributed by atoms with E-state index in [1.807, 2.05) is 12.1 Å². The third-order valence-corrected chi connectivity index (χ3v) is 4.50. The molecule has 0 bridgehead atoms. The van der Waals surface area contributed by atoms with Crippen molar-refractivity contribution in [1.82, 2.24) is 0 Å². The summed E-state index contributed by atoms with van der Waals surface area (Å²) in [7, 11) is 0. The zero-order valence-electron chi connectivity index (χ0n) is 10.5. The number of aryl methyl sites for hydroxylation is 1. The summed E-state index contributed by atoms with van der Waals surface area (Å²) >= 11 is 12.2. The van der Waals surface area contributed by atoms with Crippen LogP contribution in [0.2, 0.25) is 10.0 Å². The van der Waals surface area contributed by atoms with Crippen molar-refractivity contribution in [2.45, 2.75) is 24.8 Å². The molecule has 1 atom stereocenters. The Morgan fingerprint density at radius 2 is 1.89 bits per heavy atom. The summed E-state index contributed by atoms with van der Waals surface area (Å²) in [5, 5.41) is 1.35. The molecule has 1 aliphatic carbocycles. The van der Waals surface area contributed by atoms with Crippen LogP contribution >= 0.6 is 23.2 Å². The van der Waals surface area contributed by atoms with Crippen LogP contribution in [0.1, 0.15) is 23.1 Å². The normalized spacial score (nSPS) is 21.4. The average Bonchev–Trinajstić information content (AvgIpc) is 2.72. The largest absolute Gasteiger partial charge is 0.321 e. The molecule has 0 spiro atoms. The van der Waals surface area contributed by atoms with Gasteiger partial charge in [-0.25, -0.2) is 0 Å². The Morgan fingerprint density at radius 3 is 2.68 bits per heavy atom. The van der Waals surface area contributed by atoms with Crippen LogP contribution in [0.5, 0.6) is 0 Å². The first kappa shape index (κ1) is 13.0. The predicted molar refractivity (Wildman–Crippen MR) is 80.8 cm³/mol.